The van der Waals surface area contributed by atoms with Gasteiger partial charge in [-0.1, -0.05) is 24.3 Å². The van der Waals surface area contributed by atoms with Crippen LogP contribution in [0.2, 0.25) is 0 Å². The van der Waals surface area contributed by atoms with Gasteiger partial charge in [0.05, 0.1) is 17.6 Å². The SMILES string of the molecule is O=C(CNC(=O)c1cccc(C(F)(F)F)c1)N[C@@H]1CCN([C@H]2CCCN(c3ccc4ccccc4n3)CC2)C1. The van der Waals surface area contributed by atoms with Crippen LogP contribution in [0.15, 0.2) is 60.7 Å². The average Bonchev–Trinajstić information content (AvgIpc) is 3.25. The Balaban J connectivity index is 1.08. The summed E-state index contributed by atoms with van der Waals surface area (Å²) >= 11 is 0. The number of likely N-dealkylation sites (tertiary alicyclic amines) is 1. The van der Waals surface area contributed by atoms with Gasteiger partial charge in [0.25, 0.3) is 5.91 Å². The second-order valence-electron chi connectivity index (χ2n) is 10.2. The molecular weight excluding hydrogens is 507 g/mol. The number of para-hydroxylation sites is 1. The molecule has 3 aromatic rings. The van der Waals surface area contributed by atoms with Gasteiger partial charge in [-0.15, -0.1) is 0 Å². The van der Waals surface area contributed by atoms with Crippen molar-refractivity contribution in [3.8, 4) is 0 Å². The molecule has 1 aromatic heterocycles. The third-order valence-corrected chi connectivity index (χ3v) is 7.57. The van der Waals surface area contributed by atoms with Crippen molar-refractivity contribution >= 4 is 28.5 Å². The first kappa shape index (κ1) is 26.9. The van der Waals surface area contributed by atoms with Crippen LogP contribution in [0.3, 0.4) is 0 Å². The van der Waals surface area contributed by atoms with E-state index in [-0.39, 0.29) is 24.1 Å². The average molecular weight is 540 g/mol. The molecule has 7 nitrogen and oxygen atoms in total. The molecule has 3 heterocycles. The molecule has 2 amide bonds. The number of nitrogens with zero attached hydrogens (tertiary/aromatic N) is 3. The predicted octanol–water partition coefficient (Wildman–Crippen LogP) is 4.23. The Bertz CT molecular complexity index is 1330. The minimum Gasteiger partial charge on any atom is -0.357 e. The smallest absolute Gasteiger partial charge is 0.357 e. The fourth-order valence-corrected chi connectivity index (χ4v) is 5.52. The Labute approximate surface area is 225 Å². The second kappa shape index (κ2) is 11.6. The molecule has 2 atom stereocenters. The van der Waals surface area contributed by atoms with Crippen LogP contribution in [-0.2, 0) is 11.0 Å². The van der Waals surface area contributed by atoms with E-state index in [1.807, 2.05) is 18.2 Å². The third-order valence-electron chi connectivity index (χ3n) is 7.57. The van der Waals surface area contributed by atoms with Crippen LogP contribution in [0.1, 0.15) is 41.6 Å². The summed E-state index contributed by atoms with van der Waals surface area (Å²) in [5, 5.41) is 6.52. The summed E-state index contributed by atoms with van der Waals surface area (Å²) in [6, 6.07) is 16.9. The van der Waals surface area contributed by atoms with E-state index in [0.29, 0.717) is 6.04 Å². The third kappa shape index (κ3) is 6.68. The van der Waals surface area contributed by atoms with Crippen LogP contribution in [0, 0.1) is 0 Å². The van der Waals surface area contributed by atoms with Gasteiger partial charge < -0.3 is 15.5 Å². The number of carbonyl (C=O) groups excluding carboxylic acids is 2. The van der Waals surface area contributed by atoms with E-state index in [0.717, 1.165) is 80.7 Å². The van der Waals surface area contributed by atoms with Crippen molar-refractivity contribution in [2.45, 2.75) is 43.9 Å². The summed E-state index contributed by atoms with van der Waals surface area (Å²) < 4.78 is 38.7. The van der Waals surface area contributed by atoms with Crippen molar-refractivity contribution in [3.05, 3.63) is 71.8 Å². The molecular formula is C29H32F3N5O2. The highest BCUT2D eigenvalue weighted by Gasteiger charge is 2.32. The number of halogens is 3. The molecule has 2 fully saturated rings. The Morgan fingerprint density at radius 3 is 2.64 bits per heavy atom. The predicted molar refractivity (Wildman–Crippen MR) is 143 cm³/mol. The van der Waals surface area contributed by atoms with Crippen LogP contribution in [0.4, 0.5) is 19.0 Å². The summed E-state index contributed by atoms with van der Waals surface area (Å²) in [4.78, 5) is 34.4. The lowest BCUT2D eigenvalue weighted by molar-refractivity contribution is -0.137. The molecule has 2 N–H and O–H groups in total. The summed E-state index contributed by atoms with van der Waals surface area (Å²) in [7, 11) is 0. The van der Waals surface area contributed by atoms with Gasteiger partial charge in [-0.05, 0) is 62.1 Å². The number of benzene rings is 2. The highest BCUT2D eigenvalue weighted by Crippen LogP contribution is 2.29. The molecule has 2 saturated heterocycles. The van der Waals surface area contributed by atoms with Gasteiger partial charge >= 0.3 is 6.18 Å². The molecule has 0 unspecified atom stereocenters. The van der Waals surface area contributed by atoms with Crippen molar-refractivity contribution in [2.75, 3.05) is 37.6 Å². The lowest BCUT2D eigenvalue weighted by Gasteiger charge is -2.27. The molecule has 0 saturated carbocycles. The van der Waals surface area contributed by atoms with E-state index in [2.05, 4.69) is 38.6 Å². The van der Waals surface area contributed by atoms with E-state index in [9.17, 15) is 22.8 Å². The van der Waals surface area contributed by atoms with Gasteiger partial charge in [-0.2, -0.15) is 13.2 Å². The van der Waals surface area contributed by atoms with Crippen LogP contribution in [0.5, 0.6) is 0 Å². The summed E-state index contributed by atoms with van der Waals surface area (Å²) in [5.74, 6) is -0.0575. The molecule has 39 heavy (non-hydrogen) atoms. The number of nitrogens with one attached hydrogen (secondary N) is 2. The molecule has 2 aromatic carbocycles. The van der Waals surface area contributed by atoms with E-state index >= 15 is 0 Å². The van der Waals surface area contributed by atoms with Crippen LogP contribution in [-0.4, -0.2) is 66.5 Å². The maximum Gasteiger partial charge on any atom is 0.416 e. The van der Waals surface area contributed by atoms with Crippen molar-refractivity contribution in [2.24, 2.45) is 0 Å². The largest absolute Gasteiger partial charge is 0.416 e. The molecule has 2 aliphatic rings. The maximum atomic E-state index is 12.9. The normalized spacial score (nSPS) is 20.5. The van der Waals surface area contributed by atoms with Crippen molar-refractivity contribution in [3.63, 3.8) is 0 Å². The summed E-state index contributed by atoms with van der Waals surface area (Å²) in [6.45, 7) is 3.22. The maximum absolute atomic E-state index is 12.9. The van der Waals surface area contributed by atoms with Gasteiger partial charge in [0.2, 0.25) is 5.91 Å². The number of pyridine rings is 1. The van der Waals surface area contributed by atoms with Crippen molar-refractivity contribution < 1.29 is 22.8 Å². The number of hydrogen-bond donors (Lipinski definition) is 2. The quantitative estimate of drug-likeness (QED) is 0.490. The number of fused-ring (bicyclic) bond motifs is 1. The highest BCUT2D eigenvalue weighted by molar-refractivity contribution is 5.96. The fraction of sp³-hybridized carbons (Fsp3) is 0.414. The molecule has 206 valence electrons. The van der Waals surface area contributed by atoms with Gasteiger partial charge in [-0.3, -0.25) is 14.5 Å². The first-order valence-electron chi connectivity index (χ1n) is 13.4. The monoisotopic (exact) mass is 539 g/mol. The lowest BCUT2D eigenvalue weighted by atomic mass is 10.1. The minimum atomic E-state index is -4.54. The zero-order chi connectivity index (χ0) is 27.4. The summed E-state index contributed by atoms with van der Waals surface area (Å²) in [5.41, 5.74) is -0.0355. The Morgan fingerprint density at radius 1 is 0.949 bits per heavy atom. The zero-order valence-electron chi connectivity index (χ0n) is 21.6. The fourth-order valence-electron chi connectivity index (χ4n) is 5.52. The first-order chi connectivity index (χ1) is 18.8. The van der Waals surface area contributed by atoms with Crippen LogP contribution < -0.4 is 15.5 Å². The molecule has 5 rings (SSSR count). The number of carbonyl (C=O) groups is 2. The number of aromatic nitrogens is 1. The Kier molecular flexibility index (Phi) is 8.02. The molecule has 0 spiro atoms. The first-order valence-corrected chi connectivity index (χ1v) is 13.4. The number of alkyl halides is 3. The highest BCUT2D eigenvalue weighted by atomic mass is 19.4. The van der Waals surface area contributed by atoms with Crippen LogP contribution in [0.25, 0.3) is 10.9 Å². The van der Waals surface area contributed by atoms with Gasteiger partial charge in [0, 0.05) is 49.2 Å². The van der Waals surface area contributed by atoms with E-state index in [1.54, 1.807) is 0 Å². The topological polar surface area (TPSA) is 77.6 Å². The van der Waals surface area contributed by atoms with E-state index in [1.165, 1.54) is 12.1 Å². The summed E-state index contributed by atoms with van der Waals surface area (Å²) in [6.07, 6.45) is -0.557. The van der Waals surface area contributed by atoms with Gasteiger partial charge in [-0.25, -0.2) is 4.98 Å². The van der Waals surface area contributed by atoms with Crippen molar-refractivity contribution in [1.82, 2.24) is 20.5 Å². The lowest BCUT2D eigenvalue weighted by Crippen LogP contribution is -2.44. The molecule has 0 radical (unpaired) electrons. The molecule has 2 aliphatic heterocycles. The van der Waals surface area contributed by atoms with Gasteiger partial charge in [0.1, 0.15) is 5.82 Å². The Morgan fingerprint density at radius 2 is 1.79 bits per heavy atom. The Hall–Kier alpha value is -3.66. The van der Waals surface area contributed by atoms with Gasteiger partial charge in [0.15, 0.2) is 0 Å². The van der Waals surface area contributed by atoms with E-state index < -0.39 is 17.6 Å². The number of hydrogen-bond acceptors (Lipinski definition) is 5. The molecule has 0 aliphatic carbocycles. The number of rotatable bonds is 6. The van der Waals surface area contributed by atoms with Crippen LogP contribution >= 0.6 is 0 Å². The molecule has 10 heteroatoms. The molecule has 0 bridgehead atoms. The zero-order valence-corrected chi connectivity index (χ0v) is 21.6. The minimum absolute atomic E-state index is 0.0236. The number of amides is 2. The second-order valence-corrected chi connectivity index (χ2v) is 10.2. The van der Waals surface area contributed by atoms with Crippen molar-refractivity contribution in [1.29, 1.82) is 0 Å². The van der Waals surface area contributed by atoms with E-state index in [4.69, 9.17) is 4.98 Å². The number of anilines is 1. The standard InChI is InChI=1S/C29H32F3N5O2/c30-29(31,32)22-7-3-6-21(17-22)28(39)33-18-27(38)34-23-12-15-37(19-23)24-8-4-14-36(16-13-24)26-11-10-20-5-1-2-9-25(20)35-26/h1-3,5-7,9-11,17,23-24H,4,8,12-16,18-19H2,(H,33,39)(H,34,38)/t23-,24+/m1/s1.